The average Bonchev–Trinajstić information content (AvgIpc) is 2.45. The van der Waals surface area contributed by atoms with Gasteiger partial charge in [0.1, 0.15) is 5.75 Å². The Kier molecular flexibility index (Phi) is 7.78. The standard InChI is InChI=1S/C17H26O3/c1-4-6-7-8-9-15-10-12-16(13-11-15)20-14(3)17(18)19-5-2/h10-14H,4-9H2,1-3H3/t14-/m0/s1. The van der Waals surface area contributed by atoms with Crippen LogP contribution < -0.4 is 4.74 Å². The molecule has 0 saturated carbocycles. The molecule has 0 N–H and O–H groups in total. The zero-order valence-electron chi connectivity index (χ0n) is 12.9. The highest BCUT2D eigenvalue weighted by Gasteiger charge is 2.15. The van der Waals surface area contributed by atoms with Gasteiger partial charge in [-0.05, 0) is 44.4 Å². The Morgan fingerprint density at radius 3 is 2.40 bits per heavy atom. The van der Waals surface area contributed by atoms with Crippen LogP contribution in [0.2, 0.25) is 0 Å². The van der Waals surface area contributed by atoms with Gasteiger partial charge in [-0.1, -0.05) is 38.3 Å². The second kappa shape index (κ2) is 9.40. The average molecular weight is 278 g/mol. The van der Waals surface area contributed by atoms with E-state index in [4.69, 9.17) is 9.47 Å². The van der Waals surface area contributed by atoms with Crippen LogP contribution in [0.4, 0.5) is 0 Å². The van der Waals surface area contributed by atoms with Gasteiger partial charge < -0.3 is 9.47 Å². The molecule has 0 unspecified atom stereocenters. The number of carbonyl (C=O) groups excluding carboxylic acids is 1. The number of hydrogen-bond acceptors (Lipinski definition) is 3. The van der Waals surface area contributed by atoms with Crippen molar-refractivity contribution in [2.75, 3.05) is 6.61 Å². The van der Waals surface area contributed by atoms with Crippen molar-refractivity contribution in [3.8, 4) is 5.75 Å². The molecule has 1 rings (SSSR count). The molecular weight excluding hydrogens is 252 g/mol. The fraction of sp³-hybridized carbons (Fsp3) is 0.588. The predicted molar refractivity (Wildman–Crippen MR) is 81.0 cm³/mol. The second-order valence-electron chi connectivity index (χ2n) is 4.97. The monoisotopic (exact) mass is 278 g/mol. The normalized spacial score (nSPS) is 11.9. The molecule has 0 aliphatic rings. The van der Waals surface area contributed by atoms with Crippen molar-refractivity contribution in [3.63, 3.8) is 0 Å². The molecule has 0 heterocycles. The fourth-order valence-corrected chi connectivity index (χ4v) is 2.00. The van der Waals surface area contributed by atoms with Crippen molar-refractivity contribution in [2.45, 2.75) is 59.0 Å². The molecule has 0 saturated heterocycles. The SMILES string of the molecule is CCCCCCc1ccc(O[C@@H](C)C(=O)OCC)cc1. The van der Waals surface area contributed by atoms with Crippen LogP contribution in [0.1, 0.15) is 52.0 Å². The number of ether oxygens (including phenoxy) is 2. The van der Waals surface area contributed by atoms with Crippen LogP contribution in [0, 0.1) is 0 Å². The van der Waals surface area contributed by atoms with Crippen LogP contribution in [-0.2, 0) is 16.0 Å². The fourth-order valence-electron chi connectivity index (χ4n) is 2.00. The summed E-state index contributed by atoms with van der Waals surface area (Å²) in [6.45, 7) is 6.09. The van der Waals surface area contributed by atoms with Gasteiger partial charge in [0.25, 0.3) is 0 Å². The first kappa shape index (κ1) is 16.5. The van der Waals surface area contributed by atoms with Gasteiger partial charge in [-0.15, -0.1) is 0 Å². The van der Waals surface area contributed by atoms with E-state index in [0.29, 0.717) is 12.4 Å². The van der Waals surface area contributed by atoms with Crippen molar-refractivity contribution in [1.29, 1.82) is 0 Å². The first-order chi connectivity index (χ1) is 9.67. The maximum atomic E-state index is 11.5. The van der Waals surface area contributed by atoms with Crippen molar-refractivity contribution >= 4 is 5.97 Å². The molecule has 0 amide bonds. The Morgan fingerprint density at radius 2 is 1.80 bits per heavy atom. The molecule has 112 valence electrons. The lowest BCUT2D eigenvalue weighted by atomic mass is 10.1. The second-order valence-corrected chi connectivity index (χ2v) is 4.97. The van der Waals surface area contributed by atoms with E-state index in [0.717, 1.165) is 6.42 Å². The van der Waals surface area contributed by atoms with Gasteiger partial charge >= 0.3 is 5.97 Å². The summed E-state index contributed by atoms with van der Waals surface area (Å²) in [7, 11) is 0. The van der Waals surface area contributed by atoms with Gasteiger partial charge in [-0.2, -0.15) is 0 Å². The third-order valence-electron chi connectivity index (χ3n) is 3.17. The molecule has 20 heavy (non-hydrogen) atoms. The molecule has 3 heteroatoms. The third kappa shape index (κ3) is 6.09. The summed E-state index contributed by atoms with van der Waals surface area (Å²) in [5.74, 6) is 0.388. The van der Waals surface area contributed by atoms with E-state index in [2.05, 4.69) is 19.1 Å². The van der Waals surface area contributed by atoms with Gasteiger partial charge in [0, 0.05) is 0 Å². The third-order valence-corrected chi connectivity index (χ3v) is 3.17. The zero-order chi connectivity index (χ0) is 14.8. The Bertz CT molecular complexity index is 384. The summed E-state index contributed by atoms with van der Waals surface area (Å²) in [4.78, 5) is 11.5. The molecule has 1 atom stereocenters. The highest BCUT2D eigenvalue weighted by atomic mass is 16.6. The Morgan fingerprint density at radius 1 is 1.10 bits per heavy atom. The van der Waals surface area contributed by atoms with Gasteiger partial charge in [-0.25, -0.2) is 4.79 Å². The molecule has 0 aromatic heterocycles. The molecule has 0 bridgehead atoms. The van der Waals surface area contributed by atoms with Crippen LogP contribution >= 0.6 is 0 Å². The quantitative estimate of drug-likeness (QED) is 0.503. The van der Waals surface area contributed by atoms with Gasteiger partial charge in [-0.3, -0.25) is 0 Å². The van der Waals surface area contributed by atoms with E-state index in [1.165, 1.54) is 31.2 Å². The summed E-state index contributed by atoms with van der Waals surface area (Å²) in [5, 5.41) is 0. The molecule has 0 fully saturated rings. The van der Waals surface area contributed by atoms with E-state index >= 15 is 0 Å². The van der Waals surface area contributed by atoms with Crippen molar-refractivity contribution < 1.29 is 14.3 Å². The molecule has 1 aromatic rings. The highest BCUT2D eigenvalue weighted by molar-refractivity contribution is 5.74. The summed E-state index contributed by atoms with van der Waals surface area (Å²) in [5.41, 5.74) is 1.32. The largest absolute Gasteiger partial charge is 0.479 e. The first-order valence-corrected chi connectivity index (χ1v) is 7.59. The van der Waals surface area contributed by atoms with E-state index in [9.17, 15) is 4.79 Å². The van der Waals surface area contributed by atoms with E-state index < -0.39 is 6.10 Å². The van der Waals surface area contributed by atoms with Gasteiger partial charge in [0.05, 0.1) is 6.61 Å². The summed E-state index contributed by atoms with van der Waals surface area (Å²) >= 11 is 0. The van der Waals surface area contributed by atoms with E-state index in [1.807, 2.05) is 12.1 Å². The lowest BCUT2D eigenvalue weighted by molar-refractivity contribution is -0.150. The molecule has 0 aliphatic heterocycles. The first-order valence-electron chi connectivity index (χ1n) is 7.59. The number of benzene rings is 1. The van der Waals surface area contributed by atoms with Crippen LogP contribution in [0.15, 0.2) is 24.3 Å². The molecular formula is C17H26O3. The van der Waals surface area contributed by atoms with Crippen molar-refractivity contribution in [3.05, 3.63) is 29.8 Å². The smallest absolute Gasteiger partial charge is 0.347 e. The number of unbranched alkanes of at least 4 members (excludes halogenated alkanes) is 3. The summed E-state index contributed by atoms with van der Waals surface area (Å²) < 4.78 is 10.5. The topological polar surface area (TPSA) is 35.5 Å². The molecule has 0 spiro atoms. The van der Waals surface area contributed by atoms with Gasteiger partial charge in [0.15, 0.2) is 6.10 Å². The minimum atomic E-state index is -0.564. The Balaban J connectivity index is 2.40. The summed E-state index contributed by atoms with van der Waals surface area (Å²) in [6, 6.07) is 7.98. The molecule has 0 radical (unpaired) electrons. The van der Waals surface area contributed by atoms with Crippen LogP contribution in [-0.4, -0.2) is 18.7 Å². The number of hydrogen-bond donors (Lipinski definition) is 0. The number of rotatable bonds is 9. The zero-order valence-corrected chi connectivity index (χ0v) is 12.9. The Labute approximate surface area is 122 Å². The molecule has 3 nitrogen and oxygen atoms in total. The molecule has 0 aliphatic carbocycles. The molecule has 1 aromatic carbocycles. The van der Waals surface area contributed by atoms with E-state index in [1.54, 1.807) is 13.8 Å². The van der Waals surface area contributed by atoms with Crippen molar-refractivity contribution in [1.82, 2.24) is 0 Å². The lowest BCUT2D eigenvalue weighted by Crippen LogP contribution is -2.26. The number of esters is 1. The maximum Gasteiger partial charge on any atom is 0.347 e. The Hall–Kier alpha value is -1.51. The lowest BCUT2D eigenvalue weighted by Gasteiger charge is -2.13. The van der Waals surface area contributed by atoms with Crippen LogP contribution in [0.5, 0.6) is 5.75 Å². The number of aryl methyl sites for hydroxylation is 1. The minimum absolute atomic E-state index is 0.323. The van der Waals surface area contributed by atoms with Crippen LogP contribution in [0.25, 0.3) is 0 Å². The summed E-state index contributed by atoms with van der Waals surface area (Å²) in [6.07, 6.45) is 5.62. The number of carbonyl (C=O) groups is 1. The van der Waals surface area contributed by atoms with Crippen molar-refractivity contribution in [2.24, 2.45) is 0 Å². The van der Waals surface area contributed by atoms with Crippen LogP contribution in [0.3, 0.4) is 0 Å². The van der Waals surface area contributed by atoms with Gasteiger partial charge in [0.2, 0.25) is 0 Å². The maximum absolute atomic E-state index is 11.5. The minimum Gasteiger partial charge on any atom is -0.479 e. The highest BCUT2D eigenvalue weighted by Crippen LogP contribution is 2.16. The van der Waals surface area contributed by atoms with E-state index in [-0.39, 0.29) is 5.97 Å². The predicted octanol–water partition coefficient (Wildman–Crippen LogP) is 4.14.